The van der Waals surface area contributed by atoms with E-state index in [9.17, 15) is 0 Å². The molecule has 1 nitrogen and oxygen atoms in total. The van der Waals surface area contributed by atoms with E-state index in [-0.39, 0.29) is 0 Å². The molecule has 0 bridgehead atoms. The predicted molar refractivity (Wildman–Crippen MR) is 147 cm³/mol. The van der Waals surface area contributed by atoms with Crippen molar-refractivity contribution < 1.29 is 0 Å². The van der Waals surface area contributed by atoms with Gasteiger partial charge in [0.2, 0.25) is 0 Å². The minimum absolute atomic E-state index is 0.414. The standard InChI is InChI=1S/C32H61N/c1-33-32(29-23-17-11-5-2-6-12-18-24-29,30-25-19-13-7-3-8-14-20-26-30)31-27-21-15-9-4-10-16-22-28-31/h29-31,33H,2-28H2,1H3. The van der Waals surface area contributed by atoms with Crippen LogP contribution in [-0.4, -0.2) is 12.6 Å². The molecule has 3 rings (SSSR count). The van der Waals surface area contributed by atoms with Crippen LogP contribution in [0.5, 0.6) is 0 Å². The van der Waals surface area contributed by atoms with Crippen LogP contribution < -0.4 is 5.32 Å². The summed E-state index contributed by atoms with van der Waals surface area (Å²) in [7, 11) is 2.41. The Bertz CT molecular complexity index is 377. The lowest BCUT2D eigenvalue weighted by Crippen LogP contribution is -2.60. The van der Waals surface area contributed by atoms with Crippen LogP contribution in [0.15, 0.2) is 0 Å². The topological polar surface area (TPSA) is 12.0 Å². The van der Waals surface area contributed by atoms with E-state index in [2.05, 4.69) is 12.4 Å². The molecule has 0 atom stereocenters. The van der Waals surface area contributed by atoms with Gasteiger partial charge in [-0.25, -0.2) is 0 Å². The van der Waals surface area contributed by atoms with Crippen LogP contribution in [0, 0.1) is 17.8 Å². The smallest absolute Gasteiger partial charge is 0.0263 e. The summed E-state index contributed by atoms with van der Waals surface area (Å²) in [5.74, 6) is 2.75. The predicted octanol–water partition coefficient (Wildman–Crippen LogP) is 10.4. The summed E-state index contributed by atoms with van der Waals surface area (Å²) in [6.45, 7) is 0. The van der Waals surface area contributed by atoms with Gasteiger partial charge in [-0.05, 0) is 63.3 Å². The first kappa shape index (κ1) is 27.5. The molecule has 0 radical (unpaired) electrons. The molecule has 1 N–H and O–H groups in total. The molecule has 0 saturated heterocycles. The van der Waals surface area contributed by atoms with Gasteiger partial charge in [-0.3, -0.25) is 0 Å². The Morgan fingerprint density at radius 2 is 0.515 bits per heavy atom. The molecule has 3 saturated carbocycles. The third kappa shape index (κ3) is 8.84. The fraction of sp³-hybridized carbons (Fsp3) is 1.00. The van der Waals surface area contributed by atoms with Crippen molar-refractivity contribution in [2.24, 2.45) is 17.8 Å². The maximum atomic E-state index is 4.28. The molecule has 0 aromatic rings. The van der Waals surface area contributed by atoms with Crippen LogP contribution in [0.4, 0.5) is 0 Å². The van der Waals surface area contributed by atoms with Gasteiger partial charge >= 0.3 is 0 Å². The molecule has 3 fully saturated rings. The Kier molecular flexibility index (Phi) is 13.9. The Morgan fingerprint density at radius 1 is 0.333 bits per heavy atom. The van der Waals surface area contributed by atoms with Crippen molar-refractivity contribution in [2.75, 3.05) is 7.05 Å². The van der Waals surface area contributed by atoms with E-state index >= 15 is 0 Å². The first-order valence-electron chi connectivity index (χ1n) is 16.1. The van der Waals surface area contributed by atoms with Crippen LogP contribution in [-0.2, 0) is 0 Å². The average Bonchev–Trinajstić information content (AvgIpc) is 2.86. The molecular weight excluding hydrogens is 398 g/mol. The summed E-state index contributed by atoms with van der Waals surface area (Å²) in [5, 5.41) is 4.28. The summed E-state index contributed by atoms with van der Waals surface area (Å²) in [6.07, 6.45) is 40.4. The van der Waals surface area contributed by atoms with E-state index in [1.165, 1.54) is 173 Å². The molecule has 0 unspecified atom stereocenters. The van der Waals surface area contributed by atoms with Crippen LogP contribution >= 0.6 is 0 Å². The lowest BCUT2D eigenvalue weighted by Gasteiger charge is -2.53. The summed E-state index contributed by atoms with van der Waals surface area (Å²) in [6, 6.07) is 0. The van der Waals surface area contributed by atoms with Crippen molar-refractivity contribution in [2.45, 2.75) is 179 Å². The van der Waals surface area contributed by atoms with Crippen LogP contribution in [0.1, 0.15) is 173 Å². The van der Waals surface area contributed by atoms with Gasteiger partial charge in [0.05, 0.1) is 0 Å². The lowest BCUT2D eigenvalue weighted by molar-refractivity contribution is 0.0230. The second kappa shape index (κ2) is 16.6. The minimum atomic E-state index is 0.414. The minimum Gasteiger partial charge on any atom is -0.313 e. The molecule has 0 aliphatic heterocycles. The normalized spacial score (nSPS) is 26.5. The SMILES string of the molecule is CNC(C1CCCCCCCCC1)(C1CCCCCCCCC1)C1CCCCCCCCC1. The van der Waals surface area contributed by atoms with Crippen molar-refractivity contribution in [3.8, 4) is 0 Å². The molecular formula is C32H61N. The monoisotopic (exact) mass is 459 g/mol. The highest BCUT2D eigenvalue weighted by Crippen LogP contribution is 2.48. The Labute approximate surface area is 209 Å². The van der Waals surface area contributed by atoms with Gasteiger partial charge in [-0.15, -0.1) is 0 Å². The molecule has 194 valence electrons. The number of hydrogen-bond donors (Lipinski definition) is 1. The Hall–Kier alpha value is -0.0400. The van der Waals surface area contributed by atoms with Gasteiger partial charge in [-0.1, -0.05) is 135 Å². The van der Waals surface area contributed by atoms with E-state index in [1.807, 2.05) is 0 Å². The van der Waals surface area contributed by atoms with Crippen LogP contribution in [0.3, 0.4) is 0 Å². The Morgan fingerprint density at radius 3 is 0.697 bits per heavy atom. The van der Waals surface area contributed by atoms with Crippen molar-refractivity contribution in [3.63, 3.8) is 0 Å². The fourth-order valence-corrected chi connectivity index (χ4v) is 8.47. The second-order valence-electron chi connectivity index (χ2n) is 12.4. The van der Waals surface area contributed by atoms with Gasteiger partial charge < -0.3 is 5.32 Å². The highest BCUT2D eigenvalue weighted by Gasteiger charge is 2.48. The number of hydrogen-bond acceptors (Lipinski definition) is 1. The van der Waals surface area contributed by atoms with E-state index in [0.29, 0.717) is 5.54 Å². The molecule has 33 heavy (non-hydrogen) atoms. The van der Waals surface area contributed by atoms with Gasteiger partial charge in [-0.2, -0.15) is 0 Å². The largest absolute Gasteiger partial charge is 0.313 e. The number of rotatable bonds is 4. The molecule has 0 spiro atoms. The molecule has 1 heteroatoms. The lowest BCUT2D eigenvalue weighted by atomic mass is 9.58. The maximum Gasteiger partial charge on any atom is 0.0263 e. The first-order chi connectivity index (χ1) is 16.4. The third-order valence-corrected chi connectivity index (χ3v) is 10.3. The average molecular weight is 460 g/mol. The molecule has 0 aromatic heterocycles. The van der Waals surface area contributed by atoms with Gasteiger partial charge in [0.25, 0.3) is 0 Å². The molecule has 0 aromatic carbocycles. The molecule has 3 aliphatic carbocycles. The summed E-state index contributed by atoms with van der Waals surface area (Å²) in [5.41, 5.74) is 0.414. The van der Waals surface area contributed by atoms with Crippen LogP contribution in [0.2, 0.25) is 0 Å². The Balaban J connectivity index is 1.89. The quantitative estimate of drug-likeness (QED) is 0.441. The van der Waals surface area contributed by atoms with Crippen molar-refractivity contribution in [1.29, 1.82) is 0 Å². The van der Waals surface area contributed by atoms with Crippen LogP contribution in [0.25, 0.3) is 0 Å². The van der Waals surface area contributed by atoms with E-state index in [4.69, 9.17) is 0 Å². The zero-order valence-corrected chi connectivity index (χ0v) is 22.8. The van der Waals surface area contributed by atoms with Gasteiger partial charge in [0, 0.05) is 5.54 Å². The van der Waals surface area contributed by atoms with E-state index in [1.54, 1.807) is 0 Å². The van der Waals surface area contributed by atoms with E-state index < -0.39 is 0 Å². The van der Waals surface area contributed by atoms with E-state index in [0.717, 1.165) is 17.8 Å². The van der Waals surface area contributed by atoms with Crippen molar-refractivity contribution in [3.05, 3.63) is 0 Å². The molecule has 3 aliphatic rings. The zero-order valence-electron chi connectivity index (χ0n) is 22.8. The summed E-state index contributed by atoms with van der Waals surface area (Å²) >= 11 is 0. The first-order valence-corrected chi connectivity index (χ1v) is 16.1. The van der Waals surface area contributed by atoms with Gasteiger partial charge in [0.1, 0.15) is 0 Å². The fourth-order valence-electron chi connectivity index (χ4n) is 8.47. The number of nitrogens with one attached hydrogen (secondary N) is 1. The molecule has 0 heterocycles. The van der Waals surface area contributed by atoms with Crippen molar-refractivity contribution >= 4 is 0 Å². The van der Waals surface area contributed by atoms with Gasteiger partial charge in [0.15, 0.2) is 0 Å². The zero-order chi connectivity index (χ0) is 23.0. The highest BCUT2D eigenvalue weighted by atomic mass is 15.0. The third-order valence-electron chi connectivity index (χ3n) is 10.3. The second-order valence-corrected chi connectivity index (χ2v) is 12.4. The highest BCUT2D eigenvalue weighted by molar-refractivity contribution is 5.04. The summed E-state index contributed by atoms with van der Waals surface area (Å²) in [4.78, 5) is 0. The summed E-state index contributed by atoms with van der Waals surface area (Å²) < 4.78 is 0. The maximum absolute atomic E-state index is 4.28. The molecule has 0 amide bonds. The van der Waals surface area contributed by atoms with Crippen molar-refractivity contribution in [1.82, 2.24) is 5.32 Å².